The molecule has 0 atom stereocenters. The van der Waals surface area contributed by atoms with Crippen molar-refractivity contribution in [1.29, 1.82) is 0 Å². The van der Waals surface area contributed by atoms with Crippen LogP contribution in [0.4, 0.5) is 5.13 Å². The molecule has 2 aromatic carbocycles. The van der Waals surface area contributed by atoms with Gasteiger partial charge in [0.05, 0.1) is 11.1 Å². The molecule has 1 amide bonds. The van der Waals surface area contributed by atoms with E-state index in [1.54, 1.807) is 24.3 Å². The number of amides is 1. The van der Waals surface area contributed by atoms with Gasteiger partial charge >= 0.3 is 5.97 Å². The summed E-state index contributed by atoms with van der Waals surface area (Å²) in [6.45, 7) is 1.50. The van der Waals surface area contributed by atoms with Gasteiger partial charge in [0.2, 0.25) is 0 Å². The van der Waals surface area contributed by atoms with Crippen LogP contribution in [0.2, 0.25) is 0 Å². The van der Waals surface area contributed by atoms with E-state index in [1.807, 2.05) is 36.6 Å². The number of esters is 1. The summed E-state index contributed by atoms with van der Waals surface area (Å²) in [5.74, 6) is -1.31. The molecule has 0 saturated heterocycles. The second kappa shape index (κ2) is 8.49. The van der Waals surface area contributed by atoms with Crippen LogP contribution < -0.4 is 10.9 Å². The van der Waals surface area contributed by atoms with Crippen molar-refractivity contribution >= 4 is 39.1 Å². The molecule has 4 aromatic rings. The highest BCUT2D eigenvalue weighted by Gasteiger charge is 2.18. The Labute approximate surface area is 181 Å². The standard InChI is InChI=1S/C22H18N4O4S/c1-13-7-9-14(10-8-13)17-12-31-22(23-17)24-18(27)11-30-21(29)19-15-5-3-4-6-16(15)20(28)26(2)25-19/h3-10,12H,11H2,1-2H3,(H,23,24,27). The molecule has 0 aliphatic rings. The number of ether oxygens (including phenoxy) is 1. The Morgan fingerprint density at radius 1 is 1.10 bits per heavy atom. The minimum atomic E-state index is -0.790. The summed E-state index contributed by atoms with van der Waals surface area (Å²) in [5.41, 5.74) is 2.49. The summed E-state index contributed by atoms with van der Waals surface area (Å²) in [6, 6.07) is 14.5. The molecule has 9 heteroatoms. The van der Waals surface area contributed by atoms with Crippen molar-refractivity contribution in [3.05, 3.63) is 75.5 Å². The van der Waals surface area contributed by atoms with E-state index in [4.69, 9.17) is 4.74 Å². The van der Waals surface area contributed by atoms with E-state index in [9.17, 15) is 14.4 Å². The Kier molecular flexibility index (Phi) is 5.59. The second-order valence-electron chi connectivity index (χ2n) is 6.85. The first-order valence-corrected chi connectivity index (χ1v) is 10.3. The fourth-order valence-electron chi connectivity index (χ4n) is 2.99. The summed E-state index contributed by atoms with van der Waals surface area (Å²) >= 11 is 1.28. The molecule has 2 aromatic heterocycles. The van der Waals surface area contributed by atoms with Crippen LogP contribution in [0.3, 0.4) is 0 Å². The SMILES string of the molecule is Cc1ccc(-c2csc(NC(=O)COC(=O)c3nn(C)c(=O)c4ccccc34)n2)cc1. The average Bonchev–Trinajstić information content (AvgIpc) is 3.23. The summed E-state index contributed by atoms with van der Waals surface area (Å²) in [4.78, 5) is 41.3. The lowest BCUT2D eigenvalue weighted by molar-refractivity contribution is -0.119. The van der Waals surface area contributed by atoms with Crippen molar-refractivity contribution in [2.24, 2.45) is 7.05 Å². The number of nitrogens with one attached hydrogen (secondary N) is 1. The Bertz CT molecular complexity index is 1340. The van der Waals surface area contributed by atoms with E-state index in [0.717, 1.165) is 21.5 Å². The van der Waals surface area contributed by atoms with E-state index in [-0.39, 0.29) is 11.3 Å². The molecule has 0 fully saturated rings. The fourth-order valence-corrected chi connectivity index (χ4v) is 3.73. The van der Waals surface area contributed by atoms with Gasteiger partial charge < -0.3 is 4.74 Å². The van der Waals surface area contributed by atoms with Gasteiger partial charge in [0, 0.05) is 23.4 Å². The number of hydrogen-bond donors (Lipinski definition) is 1. The van der Waals surface area contributed by atoms with Crippen LogP contribution in [0.15, 0.2) is 58.7 Å². The van der Waals surface area contributed by atoms with E-state index in [2.05, 4.69) is 15.4 Å². The highest BCUT2D eigenvalue weighted by Crippen LogP contribution is 2.25. The van der Waals surface area contributed by atoms with Crippen molar-refractivity contribution < 1.29 is 14.3 Å². The maximum atomic E-state index is 12.5. The first-order valence-electron chi connectivity index (χ1n) is 9.38. The van der Waals surface area contributed by atoms with Crippen molar-refractivity contribution in [2.45, 2.75) is 6.92 Å². The van der Waals surface area contributed by atoms with Gasteiger partial charge in [0.25, 0.3) is 11.5 Å². The minimum Gasteiger partial charge on any atom is -0.451 e. The van der Waals surface area contributed by atoms with Crippen LogP contribution in [0.1, 0.15) is 16.1 Å². The van der Waals surface area contributed by atoms with Crippen LogP contribution >= 0.6 is 11.3 Å². The number of hydrogen-bond acceptors (Lipinski definition) is 7. The second-order valence-corrected chi connectivity index (χ2v) is 7.71. The topological polar surface area (TPSA) is 103 Å². The van der Waals surface area contributed by atoms with Crippen molar-refractivity contribution in [3.63, 3.8) is 0 Å². The van der Waals surface area contributed by atoms with E-state index >= 15 is 0 Å². The molecule has 0 radical (unpaired) electrons. The van der Waals surface area contributed by atoms with E-state index < -0.39 is 18.5 Å². The number of fused-ring (bicyclic) bond motifs is 1. The van der Waals surface area contributed by atoms with Gasteiger partial charge in [-0.15, -0.1) is 11.3 Å². The van der Waals surface area contributed by atoms with Gasteiger partial charge in [-0.2, -0.15) is 5.10 Å². The maximum absolute atomic E-state index is 12.5. The van der Waals surface area contributed by atoms with Gasteiger partial charge in [-0.3, -0.25) is 14.9 Å². The zero-order valence-electron chi connectivity index (χ0n) is 16.8. The van der Waals surface area contributed by atoms with Gasteiger partial charge in [0.15, 0.2) is 17.4 Å². The Morgan fingerprint density at radius 3 is 2.55 bits per heavy atom. The molecule has 0 aliphatic carbocycles. The fraction of sp³-hybridized carbons (Fsp3) is 0.136. The Morgan fingerprint density at radius 2 is 1.81 bits per heavy atom. The third-order valence-electron chi connectivity index (χ3n) is 4.58. The summed E-state index contributed by atoms with van der Waals surface area (Å²) in [5, 5.41) is 9.59. The van der Waals surface area contributed by atoms with Crippen LogP contribution in [-0.4, -0.2) is 33.2 Å². The lowest BCUT2D eigenvalue weighted by Gasteiger charge is -2.08. The number of carbonyl (C=O) groups excluding carboxylic acids is 2. The van der Waals surface area contributed by atoms with E-state index in [1.165, 1.54) is 18.4 Å². The van der Waals surface area contributed by atoms with Crippen molar-refractivity contribution in [1.82, 2.24) is 14.8 Å². The largest absolute Gasteiger partial charge is 0.451 e. The van der Waals surface area contributed by atoms with Gasteiger partial charge in [0.1, 0.15) is 0 Å². The lowest BCUT2D eigenvalue weighted by Crippen LogP contribution is -2.26. The molecule has 1 N–H and O–H groups in total. The molecule has 0 saturated carbocycles. The zero-order chi connectivity index (χ0) is 22.0. The summed E-state index contributed by atoms with van der Waals surface area (Å²) in [6.07, 6.45) is 0. The number of benzene rings is 2. The Hall–Kier alpha value is -3.85. The molecule has 4 rings (SSSR count). The number of aromatic nitrogens is 3. The summed E-state index contributed by atoms with van der Waals surface area (Å²) < 4.78 is 6.19. The summed E-state index contributed by atoms with van der Waals surface area (Å²) in [7, 11) is 1.45. The number of aryl methyl sites for hydroxylation is 2. The molecule has 0 unspecified atom stereocenters. The monoisotopic (exact) mass is 434 g/mol. The maximum Gasteiger partial charge on any atom is 0.359 e. The molecule has 0 spiro atoms. The molecule has 31 heavy (non-hydrogen) atoms. The Balaban J connectivity index is 1.42. The molecule has 8 nitrogen and oxygen atoms in total. The normalized spacial score (nSPS) is 10.8. The van der Waals surface area contributed by atoms with E-state index in [0.29, 0.717) is 15.9 Å². The molecule has 156 valence electrons. The smallest absolute Gasteiger partial charge is 0.359 e. The predicted octanol–water partition coefficient (Wildman–Crippen LogP) is 3.16. The average molecular weight is 434 g/mol. The lowest BCUT2D eigenvalue weighted by atomic mass is 10.1. The van der Waals surface area contributed by atoms with Gasteiger partial charge in [-0.25, -0.2) is 14.5 Å². The zero-order valence-corrected chi connectivity index (χ0v) is 17.6. The van der Waals surface area contributed by atoms with Crippen LogP contribution in [-0.2, 0) is 16.6 Å². The quantitative estimate of drug-likeness (QED) is 0.484. The first-order chi connectivity index (χ1) is 14.9. The molecule has 2 heterocycles. The molecule has 0 aliphatic heterocycles. The highest BCUT2D eigenvalue weighted by molar-refractivity contribution is 7.14. The third-order valence-corrected chi connectivity index (χ3v) is 5.34. The predicted molar refractivity (Wildman–Crippen MR) is 118 cm³/mol. The van der Waals surface area contributed by atoms with Crippen molar-refractivity contribution in [2.75, 3.05) is 11.9 Å². The van der Waals surface area contributed by atoms with Crippen LogP contribution in [0, 0.1) is 6.92 Å². The van der Waals surface area contributed by atoms with Crippen LogP contribution in [0.5, 0.6) is 0 Å². The first kappa shape index (κ1) is 20.4. The van der Waals surface area contributed by atoms with Crippen molar-refractivity contribution in [3.8, 4) is 11.3 Å². The molecular formula is C22H18N4O4S. The van der Waals surface area contributed by atoms with Gasteiger partial charge in [-0.1, -0.05) is 48.0 Å². The molecule has 0 bridgehead atoms. The number of rotatable bonds is 5. The van der Waals surface area contributed by atoms with Gasteiger partial charge in [-0.05, 0) is 13.0 Å². The third kappa shape index (κ3) is 4.36. The molecular weight excluding hydrogens is 416 g/mol. The number of thiazole rings is 1. The highest BCUT2D eigenvalue weighted by atomic mass is 32.1. The number of anilines is 1. The minimum absolute atomic E-state index is 0.0265. The van der Waals surface area contributed by atoms with Crippen LogP contribution in [0.25, 0.3) is 22.0 Å². The number of carbonyl (C=O) groups is 2. The number of nitrogens with zero attached hydrogens (tertiary/aromatic N) is 3.